The first-order valence-electron chi connectivity index (χ1n) is 5.94. The normalized spacial score (nSPS) is 12.4. The van der Waals surface area contributed by atoms with Gasteiger partial charge in [0.15, 0.2) is 0 Å². The zero-order valence-corrected chi connectivity index (χ0v) is 13.0. The summed E-state index contributed by atoms with van der Waals surface area (Å²) in [4.78, 5) is 5.64. The van der Waals surface area contributed by atoms with Gasteiger partial charge in [-0.1, -0.05) is 18.2 Å². The third-order valence-electron chi connectivity index (χ3n) is 2.92. The van der Waals surface area contributed by atoms with E-state index in [1.54, 1.807) is 11.8 Å². The van der Waals surface area contributed by atoms with Crippen molar-refractivity contribution < 1.29 is 0 Å². The van der Waals surface area contributed by atoms with Gasteiger partial charge in [-0.05, 0) is 45.9 Å². The van der Waals surface area contributed by atoms with Gasteiger partial charge in [0, 0.05) is 27.7 Å². The Kier molecular flexibility index (Phi) is 5.39. The fourth-order valence-corrected chi connectivity index (χ4v) is 2.84. The molecule has 1 aromatic carbocycles. The van der Waals surface area contributed by atoms with Crippen LogP contribution in [-0.2, 0) is 6.42 Å². The molecule has 1 heterocycles. The van der Waals surface area contributed by atoms with Gasteiger partial charge >= 0.3 is 0 Å². The van der Waals surface area contributed by atoms with Crippen LogP contribution in [0.2, 0.25) is 0 Å². The fourth-order valence-electron chi connectivity index (χ4n) is 1.95. The number of hydrazine groups is 1. The number of nitrogens with one attached hydrogen (secondary N) is 1. The number of nitrogens with two attached hydrogens (primary N) is 1. The van der Waals surface area contributed by atoms with Crippen molar-refractivity contribution >= 4 is 27.7 Å². The standard InChI is InChI=1S/C14H16BrN3S/c1-19-14-5-3-2-4-12(14)13(18-16)8-11-7-6-10(15)9-17-11/h2-7,9,13,18H,8,16H2,1H3. The lowest BCUT2D eigenvalue weighted by Gasteiger charge is -2.18. The number of aromatic nitrogens is 1. The Hall–Kier alpha value is -0.880. The van der Waals surface area contributed by atoms with Crippen molar-refractivity contribution in [3.05, 3.63) is 58.3 Å². The Balaban J connectivity index is 2.22. The molecule has 0 spiro atoms. The molecule has 100 valence electrons. The van der Waals surface area contributed by atoms with Crippen molar-refractivity contribution in [2.45, 2.75) is 17.4 Å². The summed E-state index contributed by atoms with van der Waals surface area (Å²) in [6.45, 7) is 0. The predicted octanol–water partition coefficient (Wildman–Crippen LogP) is 3.31. The minimum atomic E-state index is 0.0670. The molecule has 0 bridgehead atoms. The van der Waals surface area contributed by atoms with Gasteiger partial charge in [-0.3, -0.25) is 16.3 Å². The number of halogens is 1. The van der Waals surface area contributed by atoms with Crippen molar-refractivity contribution in [3.63, 3.8) is 0 Å². The molecule has 0 saturated heterocycles. The highest BCUT2D eigenvalue weighted by Gasteiger charge is 2.14. The summed E-state index contributed by atoms with van der Waals surface area (Å²) in [6.07, 6.45) is 4.65. The van der Waals surface area contributed by atoms with Crippen molar-refractivity contribution in [2.75, 3.05) is 6.26 Å². The van der Waals surface area contributed by atoms with E-state index in [1.807, 2.05) is 30.5 Å². The molecule has 0 aliphatic carbocycles. The molecule has 19 heavy (non-hydrogen) atoms. The van der Waals surface area contributed by atoms with E-state index >= 15 is 0 Å². The van der Waals surface area contributed by atoms with Gasteiger partial charge in [-0.2, -0.15) is 0 Å². The molecule has 3 N–H and O–H groups in total. The molecule has 0 aliphatic rings. The Morgan fingerprint density at radius 2 is 2.11 bits per heavy atom. The van der Waals surface area contributed by atoms with Gasteiger partial charge < -0.3 is 0 Å². The molecule has 2 aromatic rings. The molecule has 0 radical (unpaired) electrons. The van der Waals surface area contributed by atoms with Gasteiger partial charge in [-0.25, -0.2) is 0 Å². The number of nitrogens with zero attached hydrogens (tertiary/aromatic N) is 1. The zero-order chi connectivity index (χ0) is 13.7. The van der Waals surface area contributed by atoms with E-state index < -0.39 is 0 Å². The highest BCUT2D eigenvalue weighted by molar-refractivity contribution is 9.10. The summed E-state index contributed by atoms with van der Waals surface area (Å²) < 4.78 is 0.984. The summed E-state index contributed by atoms with van der Waals surface area (Å²) in [6, 6.07) is 12.4. The second kappa shape index (κ2) is 7.05. The molecule has 1 atom stereocenters. The Morgan fingerprint density at radius 3 is 2.74 bits per heavy atom. The molecule has 2 rings (SSSR count). The number of hydrogen-bond acceptors (Lipinski definition) is 4. The zero-order valence-electron chi connectivity index (χ0n) is 10.6. The number of hydrogen-bond donors (Lipinski definition) is 2. The summed E-state index contributed by atoms with van der Waals surface area (Å²) in [5.74, 6) is 5.71. The van der Waals surface area contributed by atoms with Crippen LogP contribution in [0.15, 0.2) is 52.0 Å². The summed E-state index contributed by atoms with van der Waals surface area (Å²) >= 11 is 5.12. The predicted molar refractivity (Wildman–Crippen MR) is 83.9 cm³/mol. The molecule has 5 heteroatoms. The lowest BCUT2D eigenvalue weighted by molar-refractivity contribution is 0.538. The molecule has 0 amide bonds. The van der Waals surface area contributed by atoms with Crippen LogP contribution in [0.5, 0.6) is 0 Å². The maximum absolute atomic E-state index is 5.71. The molecular formula is C14H16BrN3S. The first-order chi connectivity index (χ1) is 9.24. The molecule has 3 nitrogen and oxygen atoms in total. The topological polar surface area (TPSA) is 50.9 Å². The van der Waals surface area contributed by atoms with Crippen LogP contribution in [0, 0.1) is 0 Å². The van der Waals surface area contributed by atoms with E-state index in [0.717, 1.165) is 16.6 Å². The van der Waals surface area contributed by atoms with Crippen molar-refractivity contribution in [1.82, 2.24) is 10.4 Å². The first kappa shape index (κ1) is 14.5. The maximum Gasteiger partial charge on any atom is 0.0526 e. The minimum absolute atomic E-state index is 0.0670. The Bertz CT molecular complexity index is 530. The van der Waals surface area contributed by atoms with Gasteiger partial charge in [0.05, 0.1) is 6.04 Å². The van der Waals surface area contributed by atoms with Crippen LogP contribution in [0.25, 0.3) is 0 Å². The van der Waals surface area contributed by atoms with E-state index in [2.05, 4.69) is 44.7 Å². The van der Waals surface area contributed by atoms with E-state index in [1.165, 1.54) is 10.5 Å². The van der Waals surface area contributed by atoms with Crippen LogP contribution < -0.4 is 11.3 Å². The maximum atomic E-state index is 5.71. The Labute approximate surface area is 126 Å². The van der Waals surface area contributed by atoms with E-state index in [0.29, 0.717) is 0 Å². The van der Waals surface area contributed by atoms with Crippen LogP contribution in [-0.4, -0.2) is 11.2 Å². The van der Waals surface area contributed by atoms with Crippen molar-refractivity contribution in [2.24, 2.45) is 5.84 Å². The van der Waals surface area contributed by atoms with Crippen LogP contribution >= 0.6 is 27.7 Å². The second-order valence-corrected chi connectivity index (χ2v) is 5.90. The fraction of sp³-hybridized carbons (Fsp3) is 0.214. The Morgan fingerprint density at radius 1 is 1.32 bits per heavy atom. The SMILES string of the molecule is CSc1ccccc1C(Cc1ccc(Br)cn1)NN. The van der Waals surface area contributed by atoms with Crippen LogP contribution in [0.1, 0.15) is 17.3 Å². The molecule has 0 aliphatic heterocycles. The minimum Gasteiger partial charge on any atom is -0.271 e. The summed E-state index contributed by atoms with van der Waals surface area (Å²) in [7, 11) is 0. The quantitative estimate of drug-likeness (QED) is 0.499. The van der Waals surface area contributed by atoms with Crippen molar-refractivity contribution in [1.29, 1.82) is 0 Å². The third kappa shape index (κ3) is 3.79. The molecule has 1 aromatic heterocycles. The van der Waals surface area contributed by atoms with Crippen molar-refractivity contribution in [3.8, 4) is 0 Å². The highest BCUT2D eigenvalue weighted by Crippen LogP contribution is 2.27. The largest absolute Gasteiger partial charge is 0.271 e. The molecular weight excluding hydrogens is 322 g/mol. The van der Waals surface area contributed by atoms with Gasteiger partial charge in [-0.15, -0.1) is 11.8 Å². The number of pyridine rings is 1. The van der Waals surface area contributed by atoms with Crippen LogP contribution in [0.4, 0.5) is 0 Å². The first-order valence-corrected chi connectivity index (χ1v) is 7.96. The van der Waals surface area contributed by atoms with Gasteiger partial charge in [0.25, 0.3) is 0 Å². The van der Waals surface area contributed by atoms with E-state index in [9.17, 15) is 0 Å². The monoisotopic (exact) mass is 337 g/mol. The number of benzene rings is 1. The number of rotatable bonds is 5. The highest BCUT2D eigenvalue weighted by atomic mass is 79.9. The second-order valence-electron chi connectivity index (χ2n) is 4.13. The van der Waals surface area contributed by atoms with Crippen LogP contribution in [0.3, 0.4) is 0 Å². The van der Waals surface area contributed by atoms with Gasteiger partial charge in [0.1, 0.15) is 0 Å². The number of thioether (sulfide) groups is 1. The van der Waals surface area contributed by atoms with E-state index in [4.69, 9.17) is 5.84 Å². The molecule has 0 saturated carbocycles. The molecule has 0 fully saturated rings. The summed E-state index contributed by atoms with van der Waals surface area (Å²) in [5.41, 5.74) is 5.12. The van der Waals surface area contributed by atoms with Gasteiger partial charge in [0.2, 0.25) is 0 Å². The van der Waals surface area contributed by atoms with E-state index in [-0.39, 0.29) is 6.04 Å². The summed E-state index contributed by atoms with van der Waals surface area (Å²) in [5, 5.41) is 0. The average molecular weight is 338 g/mol. The molecule has 1 unspecified atom stereocenters. The lowest BCUT2D eigenvalue weighted by atomic mass is 10.0. The smallest absolute Gasteiger partial charge is 0.0526 e. The third-order valence-corrected chi connectivity index (χ3v) is 4.20. The lowest BCUT2D eigenvalue weighted by Crippen LogP contribution is -2.30. The average Bonchev–Trinajstić information content (AvgIpc) is 2.46.